The second kappa shape index (κ2) is 6.84. The zero-order chi connectivity index (χ0) is 17.2. The number of allylic oxidation sites excluding steroid dienone is 2. The molecule has 0 aliphatic heterocycles. The Hall–Kier alpha value is -2.02. The molecule has 0 N–H and O–H groups in total. The smallest absolute Gasteiger partial charge is 0.200 e. The maximum atomic E-state index is 6.24. The summed E-state index contributed by atoms with van der Waals surface area (Å²) in [4.78, 5) is 16.5. The first-order chi connectivity index (χ1) is 11.5. The van der Waals surface area contributed by atoms with Gasteiger partial charge in [0.05, 0.1) is 0 Å². The van der Waals surface area contributed by atoms with E-state index in [1.807, 2.05) is 31.2 Å². The summed E-state index contributed by atoms with van der Waals surface area (Å²) in [6.45, 7) is 1.90. The van der Waals surface area contributed by atoms with E-state index in [2.05, 4.69) is 19.9 Å². The normalized spacial score (nSPS) is 22.6. The average molecular weight is 365 g/mol. The maximum absolute atomic E-state index is 6.24. The lowest BCUT2D eigenvalue weighted by atomic mass is 9.94. The highest BCUT2D eigenvalue weighted by Crippen LogP contribution is 2.35. The monoisotopic (exact) mass is 364 g/mol. The van der Waals surface area contributed by atoms with Gasteiger partial charge in [-0.3, -0.25) is 0 Å². The van der Waals surface area contributed by atoms with Crippen molar-refractivity contribution in [3.05, 3.63) is 53.1 Å². The van der Waals surface area contributed by atoms with Gasteiger partial charge in [0, 0.05) is 19.5 Å². The Morgan fingerprint density at radius 3 is 2.33 bits per heavy atom. The summed E-state index contributed by atoms with van der Waals surface area (Å²) >= 11 is 12.5. The highest BCUT2D eigenvalue weighted by Gasteiger charge is 2.34. The molecule has 0 radical (unpaired) electrons. The first kappa shape index (κ1) is 16.8. The Morgan fingerprint density at radius 1 is 1.04 bits per heavy atom. The van der Waals surface area contributed by atoms with Crippen LogP contribution in [0.5, 0.6) is 5.75 Å². The first-order valence-electron chi connectivity index (χ1n) is 7.12. The minimum Gasteiger partial charge on any atom is -0.477 e. The summed E-state index contributed by atoms with van der Waals surface area (Å²) in [6.07, 6.45) is 10.2. The Morgan fingerprint density at radius 2 is 1.71 bits per heavy atom. The average Bonchev–Trinajstić information content (AvgIpc) is 2.60. The van der Waals surface area contributed by atoms with E-state index in [-0.39, 0.29) is 21.9 Å². The molecule has 0 saturated heterocycles. The van der Waals surface area contributed by atoms with Crippen molar-refractivity contribution in [2.75, 3.05) is 7.11 Å². The number of methoxy groups -OCH3 is 1. The highest BCUT2D eigenvalue weighted by molar-refractivity contribution is 6.35. The molecule has 6 nitrogen and oxygen atoms in total. The van der Waals surface area contributed by atoms with Gasteiger partial charge in [-0.25, -0.2) is 19.9 Å². The molecule has 24 heavy (non-hydrogen) atoms. The molecular weight excluding hydrogens is 351 g/mol. The van der Waals surface area contributed by atoms with E-state index < -0.39 is 11.7 Å². The summed E-state index contributed by atoms with van der Waals surface area (Å²) in [5.41, 5.74) is -0.650. The molecule has 2 aromatic heterocycles. The third-order valence-corrected chi connectivity index (χ3v) is 4.13. The van der Waals surface area contributed by atoms with Crippen LogP contribution in [0.15, 0.2) is 42.8 Å². The molecule has 0 bridgehead atoms. The highest BCUT2D eigenvalue weighted by atomic mass is 35.5. The molecule has 2 heterocycles. The fourth-order valence-electron chi connectivity index (χ4n) is 2.17. The van der Waals surface area contributed by atoms with Crippen molar-refractivity contribution < 1.29 is 9.47 Å². The van der Waals surface area contributed by atoms with E-state index in [1.54, 1.807) is 25.6 Å². The fourth-order valence-corrected chi connectivity index (χ4v) is 2.65. The molecule has 0 saturated carbocycles. The fraction of sp³-hybridized carbons (Fsp3) is 0.250. The van der Waals surface area contributed by atoms with E-state index in [9.17, 15) is 0 Å². The van der Waals surface area contributed by atoms with Crippen molar-refractivity contribution in [1.29, 1.82) is 0 Å². The maximum Gasteiger partial charge on any atom is 0.200 e. The summed E-state index contributed by atoms with van der Waals surface area (Å²) < 4.78 is 11.4. The molecule has 0 fully saturated rings. The lowest BCUT2D eigenvalue weighted by Gasteiger charge is -2.33. The van der Waals surface area contributed by atoms with Gasteiger partial charge < -0.3 is 9.47 Å². The van der Waals surface area contributed by atoms with Crippen LogP contribution in [0.4, 0.5) is 0 Å². The number of rotatable bonds is 4. The van der Waals surface area contributed by atoms with Gasteiger partial charge in [-0.1, -0.05) is 35.4 Å². The second-order valence-corrected chi connectivity index (χ2v) is 5.92. The number of aromatic nitrogens is 4. The van der Waals surface area contributed by atoms with Crippen molar-refractivity contribution in [1.82, 2.24) is 19.9 Å². The number of hydrogen-bond donors (Lipinski definition) is 0. The molecule has 1 aliphatic rings. The van der Waals surface area contributed by atoms with Crippen LogP contribution in [0, 0.1) is 0 Å². The standard InChI is InChI=1S/C16H14Cl2N4O2/c1-16(23-2)7-4-3-6-10(16)24-11-12(17)21-15(22-13(11)18)14-19-8-5-9-20-14/h3-10H,1-2H3. The molecule has 2 atom stereocenters. The molecule has 3 rings (SSSR count). The van der Waals surface area contributed by atoms with Crippen molar-refractivity contribution in [3.8, 4) is 17.4 Å². The zero-order valence-corrected chi connectivity index (χ0v) is 14.5. The number of hydrogen-bond acceptors (Lipinski definition) is 6. The molecule has 8 heteroatoms. The van der Waals surface area contributed by atoms with Crippen LogP contribution in [0.3, 0.4) is 0 Å². The van der Waals surface area contributed by atoms with Crippen molar-refractivity contribution in [2.45, 2.75) is 18.6 Å². The molecule has 0 amide bonds. The van der Waals surface area contributed by atoms with Crippen molar-refractivity contribution in [3.63, 3.8) is 0 Å². The third-order valence-electron chi connectivity index (χ3n) is 3.62. The van der Waals surface area contributed by atoms with Crippen molar-refractivity contribution in [2.24, 2.45) is 0 Å². The van der Waals surface area contributed by atoms with Gasteiger partial charge >= 0.3 is 0 Å². The summed E-state index contributed by atoms with van der Waals surface area (Å²) in [5.74, 6) is 0.743. The molecule has 2 unspecified atom stereocenters. The van der Waals surface area contributed by atoms with E-state index in [0.29, 0.717) is 5.82 Å². The van der Waals surface area contributed by atoms with Crippen molar-refractivity contribution >= 4 is 23.2 Å². The van der Waals surface area contributed by atoms with Gasteiger partial charge in [0.2, 0.25) is 5.82 Å². The third kappa shape index (κ3) is 3.26. The Kier molecular flexibility index (Phi) is 4.80. The van der Waals surface area contributed by atoms with Crippen LogP contribution in [-0.2, 0) is 4.74 Å². The number of ether oxygens (including phenoxy) is 2. The van der Waals surface area contributed by atoms with Gasteiger partial charge in [-0.15, -0.1) is 0 Å². The Labute approximate surface area is 149 Å². The van der Waals surface area contributed by atoms with Gasteiger partial charge in [0.1, 0.15) is 11.7 Å². The topological polar surface area (TPSA) is 70.0 Å². The van der Waals surface area contributed by atoms with Gasteiger partial charge in [0.15, 0.2) is 21.9 Å². The number of halogens is 2. The Bertz CT molecular complexity index is 775. The van der Waals surface area contributed by atoms with Gasteiger partial charge in [-0.05, 0) is 25.1 Å². The van der Waals surface area contributed by atoms with Crippen LogP contribution in [0.25, 0.3) is 11.6 Å². The van der Waals surface area contributed by atoms with Crippen LogP contribution < -0.4 is 4.74 Å². The predicted octanol–water partition coefficient (Wildman–Crippen LogP) is 3.52. The molecule has 124 valence electrons. The lowest BCUT2D eigenvalue weighted by Crippen LogP contribution is -2.43. The summed E-state index contributed by atoms with van der Waals surface area (Å²) in [5, 5.41) is 0.165. The molecular formula is C16H14Cl2N4O2. The molecule has 0 aromatic carbocycles. The number of nitrogens with zero attached hydrogens (tertiary/aromatic N) is 4. The molecule has 1 aliphatic carbocycles. The second-order valence-electron chi connectivity index (χ2n) is 5.20. The van der Waals surface area contributed by atoms with Gasteiger partial charge in [-0.2, -0.15) is 0 Å². The van der Waals surface area contributed by atoms with E-state index in [0.717, 1.165) is 0 Å². The zero-order valence-electron chi connectivity index (χ0n) is 13.0. The first-order valence-corrected chi connectivity index (χ1v) is 7.87. The molecule has 2 aromatic rings. The largest absolute Gasteiger partial charge is 0.477 e. The van der Waals surface area contributed by atoms with Gasteiger partial charge in [0.25, 0.3) is 0 Å². The van der Waals surface area contributed by atoms with E-state index in [4.69, 9.17) is 32.7 Å². The SMILES string of the molecule is COC1(C)C=CC=CC1Oc1c(Cl)nc(-c2ncccn2)nc1Cl. The minimum absolute atomic E-state index is 0.0823. The summed E-state index contributed by atoms with van der Waals surface area (Å²) in [6, 6.07) is 1.69. The van der Waals surface area contributed by atoms with Crippen LogP contribution in [0.2, 0.25) is 10.3 Å². The quantitative estimate of drug-likeness (QED) is 0.773. The Balaban J connectivity index is 1.92. The summed E-state index contributed by atoms with van der Waals surface area (Å²) in [7, 11) is 1.61. The minimum atomic E-state index is -0.650. The van der Waals surface area contributed by atoms with E-state index in [1.165, 1.54) is 0 Å². The van der Waals surface area contributed by atoms with Crippen LogP contribution in [-0.4, -0.2) is 38.8 Å². The molecule has 0 spiro atoms. The van der Waals surface area contributed by atoms with E-state index >= 15 is 0 Å². The predicted molar refractivity (Wildman–Crippen MR) is 91.2 cm³/mol. The van der Waals surface area contributed by atoms with Crippen LogP contribution >= 0.6 is 23.2 Å². The van der Waals surface area contributed by atoms with Crippen LogP contribution in [0.1, 0.15) is 6.92 Å². The lowest BCUT2D eigenvalue weighted by molar-refractivity contribution is -0.0249.